The van der Waals surface area contributed by atoms with Crippen LogP contribution >= 0.6 is 0 Å². The van der Waals surface area contributed by atoms with E-state index in [0.717, 1.165) is 0 Å². The number of nitrogens with zero attached hydrogens (tertiary/aromatic N) is 3. The molecule has 1 unspecified atom stereocenters. The molecule has 1 saturated heterocycles. The molecule has 2 amide bonds. The molecule has 0 spiro atoms. The van der Waals surface area contributed by atoms with Crippen LogP contribution in [0.5, 0.6) is 0 Å². The third kappa shape index (κ3) is 2.18. The molecular formula is C12H16N4O2. The van der Waals surface area contributed by atoms with Crippen LogP contribution in [0.15, 0.2) is 6.07 Å². The van der Waals surface area contributed by atoms with Crippen molar-refractivity contribution in [2.24, 2.45) is 0 Å². The number of carbonyl (C=O) groups is 2. The lowest BCUT2D eigenvalue weighted by Gasteiger charge is -2.33. The van der Waals surface area contributed by atoms with Gasteiger partial charge in [0.05, 0.1) is 17.0 Å². The van der Waals surface area contributed by atoms with Gasteiger partial charge < -0.3 is 10.2 Å². The first-order valence-corrected chi connectivity index (χ1v) is 5.90. The first-order chi connectivity index (χ1) is 8.50. The third-order valence-corrected chi connectivity index (χ3v) is 3.09. The zero-order valence-corrected chi connectivity index (χ0v) is 10.7. The van der Waals surface area contributed by atoms with Gasteiger partial charge in [0.2, 0.25) is 5.91 Å². The Morgan fingerprint density at radius 1 is 1.44 bits per heavy atom. The number of rotatable bonds is 1. The molecule has 96 valence electrons. The number of carbonyl (C=O) groups excluding carboxylic acids is 2. The summed E-state index contributed by atoms with van der Waals surface area (Å²) in [7, 11) is 0. The Morgan fingerprint density at radius 2 is 2.17 bits per heavy atom. The molecule has 0 bridgehead atoms. The molecule has 2 rings (SSSR count). The van der Waals surface area contributed by atoms with Crippen molar-refractivity contribution in [2.75, 3.05) is 13.1 Å². The highest BCUT2D eigenvalue weighted by atomic mass is 16.2. The summed E-state index contributed by atoms with van der Waals surface area (Å²) >= 11 is 0. The maximum atomic E-state index is 12.4. The Hall–Kier alpha value is -1.98. The first kappa shape index (κ1) is 12.5. The van der Waals surface area contributed by atoms with Gasteiger partial charge in [-0.15, -0.1) is 0 Å². The second-order valence-electron chi connectivity index (χ2n) is 4.45. The fourth-order valence-corrected chi connectivity index (χ4v) is 1.98. The lowest BCUT2D eigenvalue weighted by molar-refractivity contribution is -0.127. The normalized spacial score (nSPS) is 19.6. The van der Waals surface area contributed by atoms with Gasteiger partial charge in [0.25, 0.3) is 5.91 Å². The molecule has 0 aromatic carbocycles. The standard InChI is InChI=1S/C12H16N4O2/c1-7-6-10(8(2)15-14-7)12(18)16-5-4-13-11(17)9(16)3/h6,9H,4-5H2,1-3H3,(H,13,17). The summed E-state index contributed by atoms with van der Waals surface area (Å²) in [5.41, 5.74) is 1.80. The van der Waals surface area contributed by atoms with E-state index < -0.39 is 6.04 Å². The van der Waals surface area contributed by atoms with Gasteiger partial charge in [-0.05, 0) is 26.8 Å². The van der Waals surface area contributed by atoms with E-state index in [0.29, 0.717) is 30.0 Å². The lowest BCUT2D eigenvalue weighted by Crippen LogP contribution is -2.55. The van der Waals surface area contributed by atoms with Crippen molar-refractivity contribution in [3.63, 3.8) is 0 Å². The predicted octanol–water partition coefficient (Wildman–Crippen LogP) is 0.0539. The largest absolute Gasteiger partial charge is 0.353 e. The summed E-state index contributed by atoms with van der Waals surface area (Å²) in [6, 6.07) is 1.27. The number of amides is 2. The average molecular weight is 248 g/mol. The van der Waals surface area contributed by atoms with Crippen LogP contribution in [-0.4, -0.2) is 46.0 Å². The molecule has 1 aliphatic rings. The summed E-state index contributed by atoms with van der Waals surface area (Å²) in [5.74, 6) is -0.279. The molecule has 0 saturated carbocycles. The first-order valence-electron chi connectivity index (χ1n) is 5.90. The van der Waals surface area contributed by atoms with Crippen molar-refractivity contribution in [1.82, 2.24) is 20.4 Å². The molecule has 0 radical (unpaired) electrons. The van der Waals surface area contributed by atoms with Gasteiger partial charge in [-0.3, -0.25) is 9.59 Å². The van der Waals surface area contributed by atoms with Gasteiger partial charge in [-0.1, -0.05) is 0 Å². The van der Waals surface area contributed by atoms with Crippen molar-refractivity contribution in [3.8, 4) is 0 Å². The zero-order chi connectivity index (χ0) is 13.3. The molecule has 18 heavy (non-hydrogen) atoms. The van der Waals surface area contributed by atoms with E-state index in [2.05, 4.69) is 15.5 Å². The van der Waals surface area contributed by atoms with E-state index in [1.807, 2.05) is 0 Å². The minimum atomic E-state index is -0.445. The topological polar surface area (TPSA) is 75.2 Å². The van der Waals surface area contributed by atoms with Crippen LogP contribution in [0.1, 0.15) is 28.7 Å². The van der Waals surface area contributed by atoms with Crippen LogP contribution in [0.3, 0.4) is 0 Å². The lowest BCUT2D eigenvalue weighted by atomic mass is 10.1. The van der Waals surface area contributed by atoms with Gasteiger partial charge in [0.1, 0.15) is 6.04 Å². The molecule has 1 fully saturated rings. The van der Waals surface area contributed by atoms with E-state index in [1.165, 1.54) is 0 Å². The average Bonchev–Trinajstić information content (AvgIpc) is 2.35. The Balaban J connectivity index is 2.30. The minimum Gasteiger partial charge on any atom is -0.353 e. The number of hydrogen-bond donors (Lipinski definition) is 1. The summed E-state index contributed by atoms with van der Waals surface area (Å²) in [6.45, 7) is 6.27. The summed E-state index contributed by atoms with van der Waals surface area (Å²) in [5, 5.41) is 10.6. The number of nitrogens with one attached hydrogen (secondary N) is 1. The molecule has 6 nitrogen and oxygen atoms in total. The van der Waals surface area contributed by atoms with Gasteiger partial charge in [-0.25, -0.2) is 0 Å². The Kier molecular flexibility index (Phi) is 3.27. The van der Waals surface area contributed by atoms with Crippen molar-refractivity contribution in [1.29, 1.82) is 0 Å². The minimum absolute atomic E-state index is 0.119. The van der Waals surface area contributed by atoms with Gasteiger partial charge in [0.15, 0.2) is 0 Å². The predicted molar refractivity (Wildman–Crippen MR) is 65.0 cm³/mol. The quantitative estimate of drug-likeness (QED) is 0.762. The monoisotopic (exact) mass is 248 g/mol. The summed E-state index contributed by atoms with van der Waals surface area (Å²) < 4.78 is 0. The van der Waals surface area contributed by atoms with Crippen LogP contribution in [0, 0.1) is 13.8 Å². The van der Waals surface area contributed by atoms with Gasteiger partial charge >= 0.3 is 0 Å². The maximum absolute atomic E-state index is 12.4. The third-order valence-electron chi connectivity index (χ3n) is 3.09. The highest BCUT2D eigenvalue weighted by molar-refractivity contribution is 5.98. The molecule has 1 aromatic heterocycles. The van der Waals surface area contributed by atoms with Crippen LogP contribution in [-0.2, 0) is 4.79 Å². The molecule has 0 aliphatic carbocycles. The molecule has 1 aliphatic heterocycles. The Bertz CT molecular complexity index is 501. The Morgan fingerprint density at radius 3 is 2.89 bits per heavy atom. The second-order valence-corrected chi connectivity index (χ2v) is 4.45. The summed E-state index contributed by atoms with van der Waals surface area (Å²) in [6.07, 6.45) is 0. The number of aryl methyl sites for hydroxylation is 2. The van der Waals surface area contributed by atoms with Crippen LogP contribution < -0.4 is 5.32 Å². The zero-order valence-electron chi connectivity index (χ0n) is 10.7. The molecule has 1 aromatic rings. The maximum Gasteiger partial charge on any atom is 0.256 e. The van der Waals surface area contributed by atoms with E-state index >= 15 is 0 Å². The molecule has 1 atom stereocenters. The molecule has 2 heterocycles. The van der Waals surface area contributed by atoms with Crippen molar-refractivity contribution >= 4 is 11.8 Å². The SMILES string of the molecule is Cc1cc(C(=O)N2CCNC(=O)C2C)c(C)nn1. The van der Waals surface area contributed by atoms with E-state index in [9.17, 15) is 9.59 Å². The number of piperazine rings is 1. The van der Waals surface area contributed by atoms with E-state index in [4.69, 9.17) is 0 Å². The Labute approximate surface area is 105 Å². The second kappa shape index (κ2) is 4.72. The summed E-state index contributed by atoms with van der Waals surface area (Å²) in [4.78, 5) is 25.5. The number of aromatic nitrogens is 2. The molecular weight excluding hydrogens is 232 g/mol. The highest BCUT2D eigenvalue weighted by Gasteiger charge is 2.30. The van der Waals surface area contributed by atoms with Crippen LogP contribution in [0.4, 0.5) is 0 Å². The van der Waals surface area contributed by atoms with Crippen LogP contribution in [0.2, 0.25) is 0 Å². The van der Waals surface area contributed by atoms with Crippen molar-refractivity contribution < 1.29 is 9.59 Å². The fraction of sp³-hybridized carbons (Fsp3) is 0.500. The fourth-order valence-electron chi connectivity index (χ4n) is 1.98. The molecule has 1 N–H and O–H groups in total. The van der Waals surface area contributed by atoms with Crippen molar-refractivity contribution in [3.05, 3.63) is 23.0 Å². The van der Waals surface area contributed by atoms with Gasteiger partial charge in [-0.2, -0.15) is 10.2 Å². The highest BCUT2D eigenvalue weighted by Crippen LogP contribution is 2.13. The van der Waals surface area contributed by atoms with Crippen LogP contribution in [0.25, 0.3) is 0 Å². The molecule has 6 heteroatoms. The van der Waals surface area contributed by atoms with E-state index in [1.54, 1.807) is 31.7 Å². The smallest absolute Gasteiger partial charge is 0.256 e. The van der Waals surface area contributed by atoms with Crippen molar-refractivity contribution in [2.45, 2.75) is 26.8 Å². The number of hydrogen-bond acceptors (Lipinski definition) is 4. The van der Waals surface area contributed by atoms with Gasteiger partial charge in [0, 0.05) is 13.1 Å². The van der Waals surface area contributed by atoms with E-state index in [-0.39, 0.29) is 11.8 Å².